The van der Waals surface area contributed by atoms with Crippen LogP contribution >= 0.6 is 0 Å². The first-order valence-electron chi connectivity index (χ1n) is 18.6. The van der Waals surface area contributed by atoms with Crippen molar-refractivity contribution < 1.29 is 0 Å². The average Bonchev–Trinajstić information content (AvgIpc) is 3.19. The van der Waals surface area contributed by atoms with Gasteiger partial charge in [-0.3, -0.25) is 0 Å². The van der Waals surface area contributed by atoms with E-state index in [0.29, 0.717) is 0 Å². The maximum absolute atomic E-state index is 4.39. The molecule has 8 rings (SSSR count). The van der Waals surface area contributed by atoms with E-state index < -0.39 is 0 Å². The van der Waals surface area contributed by atoms with E-state index in [-0.39, 0.29) is 0 Å². The summed E-state index contributed by atoms with van der Waals surface area (Å²) >= 11 is 0. The van der Waals surface area contributed by atoms with Crippen molar-refractivity contribution in [2.24, 2.45) is 0 Å². The Hall–Kier alpha value is -6.24. The molecule has 0 aliphatic heterocycles. The van der Waals surface area contributed by atoms with Crippen molar-refractivity contribution in [2.45, 2.75) is 34.1 Å². The lowest BCUT2D eigenvalue weighted by Gasteiger charge is -2.26. The van der Waals surface area contributed by atoms with E-state index in [9.17, 15) is 0 Å². The minimum Gasteiger partial charge on any atom is -0.0955 e. The van der Waals surface area contributed by atoms with E-state index in [2.05, 4.69) is 193 Å². The van der Waals surface area contributed by atoms with Crippen molar-refractivity contribution in [3.8, 4) is 44.5 Å². The molecule has 0 bridgehead atoms. The Labute approximate surface area is 314 Å². The molecule has 0 saturated heterocycles. The van der Waals surface area contributed by atoms with E-state index in [0.717, 1.165) is 39.8 Å². The lowest BCUT2D eigenvalue weighted by atomic mass is 9.77. The van der Waals surface area contributed by atoms with Crippen LogP contribution in [-0.4, -0.2) is 0 Å². The topological polar surface area (TPSA) is 0 Å². The van der Waals surface area contributed by atoms with Crippen LogP contribution in [0.5, 0.6) is 0 Å². The van der Waals surface area contributed by atoms with Gasteiger partial charge in [-0.1, -0.05) is 183 Å². The average molecular weight is 681 g/mol. The predicted octanol–water partition coefficient (Wildman–Crippen LogP) is 15.5. The Morgan fingerprint density at radius 3 is 1.15 bits per heavy atom. The molecule has 0 aliphatic rings. The summed E-state index contributed by atoms with van der Waals surface area (Å²) in [6, 6.07) is 54.1. The molecule has 8 aromatic carbocycles. The summed E-state index contributed by atoms with van der Waals surface area (Å²) in [5, 5.41) is 7.45. The van der Waals surface area contributed by atoms with Crippen LogP contribution in [0.4, 0.5) is 0 Å². The highest BCUT2D eigenvalue weighted by Crippen LogP contribution is 2.54. The number of hydrogen-bond donors (Lipinski definition) is 0. The third-order valence-corrected chi connectivity index (χ3v) is 10.8. The van der Waals surface area contributed by atoms with Crippen molar-refractivity contribution in [1.82, 2.24) is 0 Å². The summed E-state index contributed by atoms with van der Waals surface area (Å²) in [4.78, 5) is 0. The molecule has 0 aliphatic carbocycles. The Balaban J connectivity index is 1.74. The molecule has 256 valence electrons. The van der Waals surface area contributed by atoms with E-state index in [4.69, 9.17) is 0 Å². The molecule has 8 aromatic rings. The molecular weight excluding hydrogens is 637 g/mol. The first kappa shape index (κ1) is 33.9. The quantitative estimate of drug-likeness (QED) is 0.140. The predicted molar refractivity (Wildman–Crippen MR) is 234 cm³/mol. The largest absolute Gasteiger partial charge is 0.0955 e. The number of hydrogen-bond acceptors (Lipinski definition) is 0. The summed E-state index contributed by atoms with van der Waals surface area (Å²) in [5.41, 5.74) is 17.6. The third-order valence-electron chi connectivity index (χ3n) is 10.8. The standard InChI is InChI=1S/C53H44/c1-8-36-19-29-44-46(31-36)50(39-15-11-9-12-16-39)52-49(42-26-22-38(23-27-42)34(4)5)45-30-28-43(35(6)7)32-47(45)51(40-17-13-10-14-18-40)53(52)48(44)41-24-20-37(21-25-41)33(2)3/h9-32H,2,4,6,8H2,1,3,5,7H3. The molecular formula is C53H44. The molecule has 0 amide bonds. The number of aryl methyl sites for hydroxylation is 1. The second kappa shape index (κ2) is 13.7. The van der Waals surface area contributed by atoms with Gasteiger partial charge in [-0.05, 0) is 132 Å². The summed E-state index contributed by atoms with van der Waals surface area (Å²) < 4.78 is 0. The molecule has 0 fully saturated rings. The summed E-state index contributed by atoms with van der Waals surface area (Å²) in [5.74, 6) is 0. The maximum atomic E-state index is 4.39. The van der Waals surface area contributed by atoms with E-state index in [1.165, 1.54) is 82.4 Å². The van der Waals surface area contributed by atoms with Crippen molar-refractivity contribution >= 4 is 49.0 Å². The van der Waals surface area contributed by atoms with Gasteiger partial charge in [0.25, 0.3) is 0 Å². The van der Waals surface area contributed by atoms with Gasteiger partial charge in [0.2, 0.25) is 0 Å². The van der Waals surface area contributed by atoms with Crippen molar-refractivity contribution in [3.63, 3.8) is 0 Å². The molecule has 53 heavy (non-hydrogen) atoms. The normalized spacial score (nSPS) is 11.3. The first-order chi connectivity index (χ1) is 25.7. The highest BCUT2D eigenvalue weighted by Gasteiger charge is 2.26. The van der Waals surface area contributed by atoms with Gasteiger partial charge in [0, 0.05) is 0 Å². The van der Waals surface area contributed by atoms with Crippen molar-refractivity contribution in [2.75, 3.05) is 0 Å². The molecule has 0 heterocycles. The SMILES string of the molecule is C=C(C)c1ccc(-c2c3ccc(CC)cc3c(-c3ccccc3)c3c(-c4ccc(C(=C)C)cc4)c4ccc(C(=C)C)cc4c(-c4ccccc4)c23)cc1. The van der Waals surface area contributed by atoms with Crippen LogP contribution in [0.2, 0.25) is 0 Å². The molecule has 0 nitrogen and oxygen atoms in total. The van der Waals surface area contributed by atoms with Gasteiger partial charge >= 0.3 is 0 Å². The van der Waals surface area contributed by atoms with Crippen LogP contribution in [0.1, 0.15) is 49.9 Å². The number of allylic oxidation sites excluding steroid dienone is 3. The van der Waals surface area contributed by atoms with Gasteiger partial charge < -0.3 is 0 Å². The molecule has 0 heteroatoms. The molecule has 0 saturated carbocycles. The molecule has 0 unspecified atom stereocenters. The van der Waals surface area contributed by atoms with Gasteiger partial charge in [-0.2, -0.15) is 0 Å². The van der Waals surface area contributed by atoms with Crippen molar-refractivity contribution in [1.29, 1.82) is 0 Å². The molecule has 0 atom stereocenters. The Kier molecular flexibility index (Phi) is 8.77. The fraction of sp³-hybridized carbons (Fsp3) is 0.0943. The smallest absolute Gasteiger partial charge is 0.000139 e. The lowest BCUT2D eigenvalue weighted by Crippen LogP contribution is -1.99. The van der Waals surface area contributed by atoms with Crippen LogP contribution in [0.15, 0.2) is 165 Å². The zero-order valence-corrected chi connectivity index (χ0v) is 31.2. The maximum Gasteiger partial charge on any atom is -0.000139 e. The third kappa shape index (κ3) is 5.91. The Bertz CT molecular complexity index is 2720. The lowest BCUT2D eigenvalue weighted by molar-refractivity contribution is 1.15. The second-order valence-corrected chi connectivity index (χ2v) is 14.5. The highest BCUT2D eigenvalue weighted by atomic mass is 14.3. The van der Waals surface area contributed by atoms with Gasteiger partial charge in [-0.15, -0.1) is 0 Å². The molecule has 0 N–H and O–H groups in total. The summed E-state index contributed by atoms with van der Waals surface area (Å²) in [7, 11) is 0. The fourth-order valence-electron chi connectivity index (χ4n) is 8.01. The Morgan fingerprint density at radius 1 is 0.377 bits per heavy atom. The second-order valence-electron chi connectivity index (χ2n) is 14.5. The number of rotatable bonds is 8. The number of benzene rings is 8. The van der Waals surface area contributed by atoms with Gasteiger partial charge in [0.05, 0.1) is 0 Å². The summed E-state index contributed by atoms with van der Waals surface area (Å²) in [6.07, 6.45) is 0.955. The Morgan fingerprint density at radius 2 is 0.736 bits per heavy atom. The van der Waals surface area contributed by atoms with E-state index >= 15 is 0 Å². The zero-order valence-electron chi connectivity index (χ0n) is 31.2. The summed E-state index contributed by atoms with van der Waals surface area (Å²) in [6.45, 7) is 21.4. The van der Waals surface area contributed by atoms with Crippen LogP contribution in [0.25, 0.3) is 93.5 Å². The fourth-order valence-corrected chi connectivity index (χ4v) is 8.01. The van der Waals surface area contributed by atoms with Gasteiger partial charge in [0.15, 0.2) is 0 Å². The number of fused-ring (bicyclic) bond motifs is 3. The molecule has 0 spiro atoms. The monoisotopic (exact) mass is 680 g/mol. The molecule has 0 aromatic heterocycles. The first-order valence-corrected chi connectivity index (χ1v) is 18.6. The van der Waals surface area contributed by atoms with Gasteiger partial charge in [0.1, 0.15) is 0 Å². The zero-order chi connectivity index (χ0) is 36.8. The van der Waals surface area contributed by atoms with Crippen LogP contribution in [0.3, 0.4) is 0 Å². The minimum absolute atomic E-state index is 0.955. The van der Waals surface area contributed by atoms with Crippen molar-refractivity contribution in [3.05, 3.63) is 188 Å². The van der Waals surface area contributed by atoms with E-state index in [1.807, 2.05) is 0 Å². The van der Waals surface area contributed by atoms with Crippen LogP contribution in [-0.2, 0) is 6.42 Å². The minimum atomic E-state index is 0.955. The van der Waals surface area contributed by atoms with Crippen LogP contribution in [0, 0.1) is 0 Å². The van der Waals surface area contributed by atoms with Gasteiger partial charge in [-0.25, -0.2) is 0 Å². The molecule has 0 radical (unpaired) electrons. The highest BCUT2D eigenvalue weighted by molar-refractivity contribution is 6.34. The van der Waals surface area contributed by atoms with E-state index in [1.54, 1.807) is 0 Å². The van der Waals surface area contributed by atoms with Crippen LogP contribution < -0.4 is 0 Å².